The summed E-state index contributed by atoms with van der Waals surface area (Å²) in [7, 11) is 0. The topological polar surface area (TPSA) is 29.1 Å². The summed E-state index contributed by atoms with van der Waals surface area (Å²) in [5, 5.41) is 3.10. The van der Waals surface area contributed by atoms with E-state index in [0.717, 1.165) is 22.3 Å². The summed E-state index contributed by atoms with van der Waals surface area (Å²) in [5.41, 5.74) is 5.42. The third-order valence-corrected chi connectivity index (χ3v) is 4.26. The molecule has 1 atom stereocenters. The van der Waals surface area contributed by atoms with Crippen molar-refractivity contribution in [1.82, 2.24) is 5.32 Å². The molecule has 23 heavy (non-hydrogen) atoms. The standard InChI is InChI=1S/C21H27NO/c1-14-7-8-15(2)19(13-14)20(23)22-16(3)17-9-11-18(12-10-17)21(4,5)6/h7-13,16H,1-6H3,(H,22,23)/t16-/m0/s1. The van der Waals surface area contributed by atoms with Gasteiger partial charge >= 0.3 is 0 Å². The van der Waals surface area contributed by atoms with E-state index in [1.807, 2.05) is 39.0 Å². The van der Waals surface area contributed by atoms with Crippen molar-refractivity contribution in [3.63, 3.8) is 0 Å². The van der Waals surface area contributed by atoms with Crippen LogP contribution in [0.25, 0.3) is 0 Å². The molecule has 0 heterocycles. The van der Waals surface area contributed by atoms with E-state index in [0.29, 0.717) is 0 Å². The van der Waals surface area contributed by atoms with Crippen LogP contribution in [-0.4, -0.2) is 5.91 Å². The molecule has 0 bridgehead atoms. The molecule has 2 aromatic rings. The van der Waals surface area contributed by atoms with Gasteiger partial charge in [0.2, 0.25) is 0 Å². The minimum Gasteiger partial charge on any atom is -0.346 e. The second-order valence-electron chi connectivity index (χ2n) is 7.39. The summed E-state index contributed by atoms with van der Waals surface area (Å²) in [5.74, 6) is -0.0152. The molecule has 2 nitrogen and oxygen atoms in total. The third-order valence-electron chi connectivity index (χ3n) is 4.26. The van der Waals surface area contributed by atoms with E-state index in [-0.39, 0.29) is 17.4 Å². The van der Waals surface area contributed by atoms with E-state index >= 15 is 0 Å². The van der Waals surface area contributed by atoms with E-state index < -0.39 is 0 Å². The predicted molar refractivity (Wildman–Crippen MR) is 96.9 cm³/mol. The normalized spacial score (nSPS) is 12.8. The van der Waals surface area contributed by atoms with Gasteiger partial charge in [-0.15, -0.1) is 0 Å². The van der Waals surface area contributed by atoms with Crippen molar-refractivity contribution in [2.75, 3.05) is 0 Å². The SMILES string of the molecule is Cc1ccc(C)c(C(=O)N[C@@H](C)c2ccc(C(C)(C)C)cc2)c1. The van der Waals surface area contributed by atoms with Gasteiger partial charge in [-0.1, -0.05) is 62.7 Å². The first-order valence-corrected chi connectivity index (χ1v) is 8.17. The molecule has 2 heteroatoms. The van der Waals surface area contributed by atoms with Gasteiger partial charge in [-0.05, 0) is 48.9 Å². The van der Waals surface area contributed by atoms with Gasteiger partial charge in [-0.3, -0.25) is 4.79 Å². The fourth-order valence-electron chi connectivity index (χ4n) is 2.61. The maximum absolute atomic E-state index is 12.5. The number of carbonyl (C=O) groups excluding carboxylic acids is 1. The zero-order chi connectivity index (χ0) is 17.2. The Morgan fingerprint density at radius 2 is 1.61 bits per heavy atom. The second-order valence-corrected chi connectivity index (χ2v) is 7.39. The minimum absolute atomic E-state index is 0.0152. The lowest BCUT2D eigenvalue weighted by molar-refractivity contribution is 0.0939. The van der Waals surface area contributed by atoms with Gasteiger partial charge in [0.05, 0.1) is 6.04 Å². The number of nitrogens with one attached hydrogen (secondary N) is 1. The second kappa shape index (κ2) is 6.57. The number of rotatable bonds is 3. The Kier molecular flexibility index (Phi) is 4.93. The maximum atomic E-state index is 12.5. The maximum Gasteiger partial charge on any atom is 0.252 e. The Morgan fingerprint density at radius 3 is 2.17 bits per heavy atom. The molecule has 0 aliphatic rings. The summed E-state index contributed by atoms with van der Waals surface area (Å²) in [6.07, 6.45) is 0. The van der Waals surface area contributed by atoms with Crippen LogP contribution in [0.2, 0.25) is 0 Å². The van der Waals surface area contributed by atoms with Gasteiger partial charge in [0.15, 0.2) is 0 Å². The number of hydrogen-bond acceptors (Lipinski definition) is 1. The van der Waals surface area contributed by atoms with Crippen molar-refractivity contribution in [2.24, 2.45) is 0 Å². The summed E-state index contributed by atoms with van der Waals surface area (Å²) < 4.78 is 0. The van der Waals surface area contributed by atoms with Crippen molar-refractivity contribution in [3.8, 4) is 0 Å². The smallest absolute Gasteiger partial charge is 0.252 e. The summed E-state index contributed by atoms with van der Waals surface area (Å²) in [4.78, 5) is 12.5. The average Bonchev–Trinajstić information content (AvgIpc) is 2.48. The highest BCUT2D eigenvalue weighted by Crippen LogP contribution is 2.24. The number of carbonyl (C=O) groups is 1. The molecule has 0 aromatic heterocycles. The summed E-state index contributed by atoms with van der Waals surface area (Å²) in [6.45, 7) is 12.6. The molecule has 2 rings (SSSR count). The van der Waals surface area contributed by atoms with Crippen LogP contribution in [0.3, 0.4) is 0 Å². The Balaban J connectivity index is 2.14. The molecule has 0 saturated carbocycles. The molecular weight excluding hydrogens is 282 g/mol. The van der Waals surface area contributed by atoms with Crippen LogP contribution in [0, 0.1) is 13.8 Å². The van der Waals surface area contributed by atoms with Crippen LogP contribution in [0.4, 0.5) is 0 Å². The quantitative estimate of drug-likeness (QED) is 0.840. The van der Waals surface area contributed by atoms with Crippen LogP contribution in [0.15, 0.2) is 42.5 Å². The third kappa shape index (κ3) is 4.22. The van der Waals surface area contributed by atoms with Gasteiger partial charge in [0, 0.05) is 5.56 Å². The van der Waals surface area contributed by atoms with Crippen LogP contribution in [0.1, 0.15) is 66.3 Å². The first-order chi connectivity index (χ1) is 10.7. The van der Waals surface area contributed by atoms with Crippen LogP contribution in [0.5, 0.6) is 0 Å². The fourth-order valence-corrected chi connectivity index (χ4v) is 2.61. The van der Waals surface area contributed by atoms with Crippen LogP contribution < -0.4 is 5.32 Å². The van der Waals surface area contributed by atoms with Gasteiger partial charge in [-0.25, -0.2) is 0 Å². The first-order valence-electron chi connectivity index (χ1n) is 8.17. The molecule has 0 aliphatic carbocycles. The largest absolute Gasteiger partial charge is 0.346 e. The van der Waals surface area contributed by atoms with Crippen molar-refractivity contribution in [2.45, 2.75) is 53.0 Å². The number of aryl methyl sites for hydroxylation is 2. The van der Waals surface area contributed by atoms with Gasteiger partial charge < -0.3 is 5.32 Å². The highest BCUT2D eigenvalue weighted by molar-refractivity contribution is 5.96. The van der Waals surface area contributed by atoms with E-state index in [4.69, 9.17) is 0 Å². The monoisotopic (exact) mass is 309 g/mol. The Morgan fingerprint density at radius 1 is 1.00 bits per heavy atom. The molecule has 0 unspecified atom stereocenters. The minimum atomic E-state index is -0.0172. The van der Waals surface area contributed by atoms with E-state index in [1.54, 1.807) is 0 Å². The number of amides is 1. The Bertz CT molecular complexity index is 693. The zero-order valence-corrected chi connectivity index (χ0v) is 15.0. The Hall–Kier alpha value is -2.09. The predicted octanol–water partition coefficient (Wildman–Crippen LogP) is 5.09. The zero-order valence-electron chi connectivity index (χ0n) is 15.0. The first kappa shape index (κ1) is 17.3. The molecule has 0 radical (unpaired) electrons. The van der Waals surface area contributed by atoms with E-state index in [1.165, 1.54) is 5.56 Å². The molecule has 1 amide bonds. The van der Waals surface area contributed by atoms with E-state index in [9.17, 15) is 4.79 Å². The molecule has 0 aliphatic heterocycles. The molecule has 2 aromatic carbocycles. The Labute approximate surface area is 139 Å². The molecule has 0 saturated heterocycles. The van der Waals surface area contributed by atoms with Crippen LogP contribution >= 0.6 is 0 Å². The van der Waals surface area contributed by atoms with Gasteiger partial charge in [0.1, 0.15) is 0 Å². The average molecular weight is 309 g/mol. The fraction of sp³-hybridized carbons (Fsp3) is 0.381. The number of benzene rings is 2. The molecule has 0 fully saturated rings. The van der Waals surface area contributed by atoms with Crippen molar-refractivity contribution in [1.29, 1.82) is 0 Å². The van der Waals surface area contributed by atoms with E-state index in [2.05, 4.69) is 50.4 Å². The molecule has 122 valence electrons. The summed E-state index contributed by atoms with van der Waals surface area (Å²) in [6, 6.07) is 14.5. The lowest BCUT2D eigenvalue weighted by Gasteiger charge is -2.21. The highest BCUT2D eigenvalue weighted by atomic mass is 16.1. The van der Waals surface area contributed by atoms with Crippen molar-refractivity contribution >= 4 is 5.91 Å². The summed E-state index contributed by atoms with van der Waals surface area (Å²) >= 11 is 0. The lowest BCUT2D eigenvalue weighted by Crippen LogP contribution is -2.27. The van der Waals surface area contributed by atoms with Crippen LogP contribution in [-0.2, 0) is 5.41 Å². The molecule has 1 N–H and O–H groups in total. The van der Waals surface area contributed by atoms with Crippen molar-refractivity contribution in [3.05, 3.63) is 70.3 Å². The number of hydrogen-bond donors (Lipinski definition) is 1. The molecule has 0 spiro atoms. The molecular formula is C21H27NO. The highest BCUT2D eigenvalue weighted by Gasteiger charge is 2.16. The van der Waals surface area contributed by atoms with Gasteiger partial charge in [-0.2, -0.15) is 0 Å². The van der Waals surface area contributed by atoms with Crippen molar-refractivity contribution < 1.29 is 4.79 Å². The van der Waals surface area contributed by atoms with Gasteiger partial charge in [0.25, 0.3) is 5.91 Å². The lowest BCUT2D eigenvalue weighted by atomic mass is 9.86.